The lowest BCUT2D eigenvalue weighted by Crippen LogP contribution is -2.65. The van der Waals surface area contributed by atoms with E-state index in [2.05, 4.69) is 65.2 Å². The second-order valence-electron chi connectivity index (χ2n) is 23.1. The van der Waals surface area contributed by atoms with Crippen LogP contribution in [0.2, 0.25) is 0 Å². The Labute approximate surface area is 362 Å². The summed E-state index contributed by atoms with van der Waals surface area (Å²) in [6, 6.07) is 0. The van der Waals surface area contributed by atoms with Crippen molar-refractivity contribution >= 4 is 29.7 Å². The summed E-state index contributed by atoms with van der Waals surface area (Å²) in [5, 5.41) is 23.9. The summed E-state index contributed by atoms with van der Waals surface area (Å²) in [5.41, 5.74) is 0.759. The molecule has 8 atom stereocenters. The van der Waals surface area contributed by atoms with Gasteiger partial charge in [0.2, 0.25) is 11.8 Å². The standard InChI is InChI=1S/C50H82N2O8/c1-44(2)25-27-50(43(59)51-29-17-15-13-11-10-12-14-16-18-39(53)52-33-41(56)57)28-26-48(8)34(35(50)30-44)19-20-37-47(7)23-22-38(46(5,6)36(47)21-24-49(37,48)9)60-42(58)32-45(3,4)31-40(54)55/h19,35-38H,10-18,20-33H2,1-9H3,(H,51,59)(H,52,53)(H,54,55)(H,56,57)/t35?,36?,37?,38-,47-,48+,49+,50-/m0/s1. The molecule has 60 heavy (non-hydrogen) atoms. The quantitative estimate of drug-likeness (QED) is 0.0568. The van der Waals surface area contributed by atoms with Gasteiger partial charge >= 0.3 is 17.9 Å². The first-order chi connectivity index (χ1) is 27.9. The molecule has 0 radical (unpaired) electrons. The Bertz CT molecular complexity index is 1630. The van der Waals surface area contributed by atoms with Crippen LogP contribution in [0.25, 0.3) is 0 Å². The lowest BCUT2D eigenvalue weighted by molar-refractivity contribution is -0.213. The third-order valence-corrected chi connectivity index (χ3v) is 17.6. The van der Waals surface area contributed by atoms with Crippen molar-refractivity contribution in [2.24, 2.45) is 55.7 Å². The average molecular weight is 839 g/mol. The van der Waals surface area contributed by atoms with Crippen LogP contribution in [0.4, 0.5) is 0 Å². The van der Waals surface area contributed by atoms with Crippen molar-refractivity contribution < 1.29 is 38.9 Å². The number of esters is 1. The van der Waals surface area contributed by atoms with Gasteiger partial charge < -0.3 is 25.6 Å². The van der Waals surface area contributed by atoms with Crippen molar-refractivity contribution in [3.8, 4) is 0 Å². The number of rotatable bonds is 19. The molecule has 0 aromatic carbocycles. The summed E-state index contributed by atoms with van der Waals surface area (Å²) < 4.78 is 6.28. The minimum absolute atomic E-state index is 0.0156. The molecule has 0 aromatic rings. The number of hydrogen-bond donors (Lipinski definition) is 4. The molecule has 0 bridgehead atoms. The summed E-state index contributed by atoms with van der Waals surface area (Å²) in [6.07, 6.45) is 21.3. The van der Waals surface area contributed by atoms with Gasteiger partial charge in [0.05, 0.1) is 18.3 Å². The molecule has 10 nitrogen and oxygen atoms in total. The molecule has 5 aliphatic rings. The molecule has 0 aromatic heterocycles. The number of carbonyl (C=O) groups excluding carboxylic acids is 3. The third-order valence-electron chi connectivity index (χ3n) is 17.6. The number of aliphatic carboxylic acids is 2. The normalized spacial score (nSPS) is 34.0. The minimum atomic E-state index is -1.02. The maximum absolute atomic E-state index is 14.5. The smallest absolute Gasteiger partial charge is 0.322 e. The van der Waals surface area contributed by atoms with Crippen molar-refractivity contribution in [1.82, 2.24) is 10.6 Å². The zero-order chi connectivity index (χ0) is 44.4. The summed E-state index contributed by atoms with van der Waals surface area (Å²) in [6.45, 7) is 21.2. The van der Waals surface area contributed by atoms with Gasteiger partial charge in [-0.25, -0.2) is 0 Å². The second-order valence-corrected chi connectivity index (χ2v) is 23.1. The fraction of sp³-hybridized carbons (Fsp3) is 0.860. The number of carboxylic acid groups (broad SMARTS) is 2. The minimum Gasteiger partial charge on any atom is -0.481 e. The molecule has 0 spiro atoms. The van der Waals surface area contributed by atoms with Gasteiger partial charge in [0, 0.05) is 18.4 Å². The fourth-order valence-corrected chi connectivity index (χ4v) is 14.0. The number of unbranched alkanes of at least 4 members (excludes halogenated alkanes) is 7. The van der Waals surface area contributed by atoms with Crippen molar-refractivity contribution in [1.29, 1.82) is 0 Å². The highest BCUT2D eigenvalue weighted by Gasteiger charge is 2.69. The second kappa shape index (κ2) is 18.4. The van der Waals surface area contributed by atoms with Gasteiger partial charge in [0.1, 0.15) is 12.6 Å². The van der Waals surface area contributed by atoms with E-state index in [1.54, 1.807) is 5.57 Å². The first-order valence-electron chi connectivity index (χ1n) is 23.8. The van der Waals surface area contributed by atoms with Crippen LogP contribution in [0.1, 0.15) is 197 Å². The molecule has 3 unspecified atom stereocenters. The van der Waals surface area contributed by atoms with Crippen LogP contribution in [-0.2, 0) is 28.7 Å². The van der Waals surface area contributed by atoms with Gasteiger partial charge in [0.25, 0.3) is 0 Å². The van der Waals surface area contributed by atoms with Crippen molar-refractivity contribution in [2.45, 2.75) is 203 Å². The van der Waals surface area contributed by atoms with Gasteiger partial charge in [-0.1, -0.05) is 112 Å². The number of amides is 2. The summed E-state index contributed by atoms with van der Waals surface area (Å²) >= 11 is 0. The summed E-state index contributed by atoms with van der Waals surface area (Å²) in [7, 11) is 0. The third kappa shape index (κ3) is 9.98. The number of fused-ring (bicyclic) bond motifs is 7. The maximum atomic E-state index is 14.5. The number of carboxylic acids is 2. The van der Waals surface area contributed by atoms with E-state index >= 15 is 0 Å². The SMILES string of the molecule is CC(C)(CC(=O)O)CC(=O)O[C@H]1CC[C@@]2(C)C(CC[C@]3(C)C2CC=C2C4CC(C)(C)CC[C@]4(C(=O)NCCCCCCCCCCC(=O)NCC(=O)O)CC[C@]23C)C1(C)C. The number of allylic oxidation sites excluding steroid dienone is 2. The maximum Gasteiger partial charge on any atom is 0.322 e. The van der Waals surface area contributed by atoms with E-state index in [1.165, 1.54) is 0 Å². The molecule has 4 N–H and O–H groups in total. The van der Waals surface area contributed by atoms with Crippen molar-refractivity contribution in [3.63, 3.8) is 0 Å². The summed E-state index contributed by atoms with van der Waals surface area (Å²) in [5.74, 6) is -0.962. The molecule has 4 saturated carbocycles. The Balaban J connectivity index is 1.20. The van der Waals surface area contributed by atoms with E-state index in [0.717, 1.165) is 122 Å². The molecular weight excluding hydrogens is 757 g/mol. The molecule has 5 rings (SSSR count). The molecule has 2 amide bonds. The van der Waals surface area contributed by atoms with E-state index < -0.39 is 17.4 Å². The van der Waals surface area contributed by atoms with Crippen LogP contribution in [0.5, 0.6) is 0 Å². The molecule has 0 heterocycles. The van der Waals surface area contributed by atoms with Crippen molar-refractivity contribution in [3.05, 3.63) is 11.6 Å². The van der Waals surface area contributed by atoms with E-state index in [4.69, 9.17) is 9.84 Å². The number of ether oxygens (including phenoxy) is 1. The number of hydrogen-bond acceptors (Lipinski definition) is 6. The van der Waals surface area contributed by atoms with E-state index in [1.807, 2.05) is 13.8 Å². The molecule has 340 valence electrons. The lowest BCUT2D eigenvalue weighted by atomic mass is 9.33. The Morgan fingerprint density at radius 1 is 0.733 bits per heavy atom. The fourth-order valence-electron chi connectivity index (χ4n) is 14.0. The van der Waals surface area contributed by atoms with Gasteiger partial charge in [-0.05, 0) is 122 Å². The van der Waals surface area contributed by atoms with Gasteiger partial charge in [-0.15, -0.1) is 0 Å². The molecule has 0 aliphatic heterocycles. The number of nitrogens with one attached hydrogen (secondary N) is 2. The Hall–Kier alpha value is -2.91. The molecular formula is C50H82N2O8. The first-order valence-corrected chi connectivity index (χ1v) is 23.8. The topological polar surface area (TPSA) is 159 Å². The Morgan fingerprint density at radius 2 is 1.37 bits per heavy atom. The predicted molar refractivity (Wildman–Crippen MR) is 235 cm³/mol. The summed E-state index contributed by atoms with van der Waals surface area (Å²) in [4.78, 5) is 61.5. The predicted octanol–water partition coefficient (Wildman–Crippen LogP) is 10.4. The van der Waals surface area contributed by atoms with Crippen molar-refractivity contribution in [2.75, 3.05) is 13.1 Å². The van der Waals surface area contributed by atoms with Crippen LogP contribution in [0.3, 0.4) is 0 Å². The van der Waals surface area contributed by atoms with Crippen LogP contribution >= 0.6 is 0 Å². The van der Waals surface area contributed by atoms with Gasteiger partial charge in [-0.2, -0.15) is 0 Å². The van der Waals surface area contributed by atoms with Crippen LogP contribution in [-0.4, -0.2) is 59.1 Å². The Kier molecular flexibility index (Phi) is 14.8. The van der Waals surface area contributed by atoms with Gasteiger partial charge in [-0.3, -0.25) is 24.0 Å². The molecule has 0 saturated heterocycles. The zero-order valence-electron chi connectivity index (χ0n) is 39.0. The Morgan fingerprint density at radius 3 is 2.02 bits per heavy atom. The van der Waals surface area contributed by atoms with Crippen LogP contribution in [0, 0.1) is 55.7 Å². The highest BCUT2D eigenvalue weighted by atomic mass is 16.5. The van der Waals surface area contributed by atoms with E-state index in [9.17, 15) is 29.1 Å². The molecule has 10 heteroatoms. The van der Waals surface area contributed by atoms with E-state index in [0.29, 0.717) is 18.3 Å². The van der Waals surface area contributed by atoms with E-state index in [-0.39, 0.29) is 81.7 Å². The highest BCUT2D eigenvalue weighted by molar-refractivity contribution is 5.84. The van der Waals surface area contributed by atoms with Crippen LogP contribution < -0.4 is 10.6 Å². The van der Waals surface area contributed by atoms with Crippen LogP contribution in [0.15, 0.2) is 11.6 Å². The molecule has 5 aliphatic carbocycles. The monoisotopic (exact) mass is 839 g/mol. The first kappa shape index (κ1) is 48.1. The van der Waals surface area contributed by atoms with Gasteiger partial charge in [0.15, 0.2) is 0 Å². The number of carbonyl (C=O) groups is 5. The molecule has 4 fully saturated rings. The largest absolute Gasteiger partial charge is 0.481 e. The zero-order valence-corrected chi connectivity index (χ0v) is 39.0. The average Bonchev–Trinajstić information content (AvgIpc) is 3.13. The highest BCUT2D eigenvalue weighted by Crippen LogP contribution is 2.76. The lowest BCUT2D eigenvalue weighted by Gasteiger charge is -2.71.